The average molecular weight is 482 g/mol. The quantitative estimate of drug-likeness (QED) is 0.624. The highest BCUT2D eigenvalue weighted by Gasteiger charge is 2.39. The fourth-order valence-corrected chi connectivity index (χ4v) is 5.30. The molecule has 2 aliphatic rings. The number of benzene rings is 1. The van der Waals surface area contributed by atoms with Crippen molar-refractivity contribution in [3.63, 3.8) is 0 Å². The first-order valence-electron chi connectivity index (χ1n) is 12.8. The second-order valence-corrected chi connectivity index (χ2v) is 9.94. The zero-order valence-electron chi connectivity index (χ0n) is 20.7. The molecule has 2 aromatic rings. The van der Waals surface area contributed by atoms with Crippen molar-refractivity contribution in [1.82, 2.24) is 20.2 Å². The number of nitrogens with zero attached hydrogens (tertiary/aromatic N) is 3. The largest absolute Gasteiger partial charge is 0.344 e. The molecular weight excluding hydrogens is 445 g/mol. The Hall–Kier alpha value is -2.87. The van der Waals surface area contributed by atoms with Crippen LogP contribution < -0.4 is 11.1 Å². The van der Waals surface area contributed by atoms with Crippen LogP contribution in [0.25, 0.3) is 11.3 Å². The molecule has 1 aromatic heterocycles. The van der Waals surface area contributed by atoms with Crippen molar-refractivity contribution in [2.75, 3.05) is 13.1 Å². The molecule has 0 spiro atoms. The second kappa shape index (κ2) is 11.2. The summed E-state index contributed by atoms with van der Waals surface area (Å²) in [6.07, 6.45) is 6.87. The Morgan fingerprint density at radius 2 is 1.83 bits per heavy atom. The molecular formula is C27H36FN5O2. The fraction of sp³-hybridized carbons (Fsp3) is 0.556. The Morgan fingerprint density at radius 3 is 2.51 bits per heavy atom. The van der Waals surface area contributed by atoms with Crippen molar-refractivity contribution in [3.8, 4) is 11.3 Å². The van der Waals surface area contributed by atoms with Crippen molar-refractivity contribution in [1.29, 1.82) is 0 Å². The van der Waals surface area contributed by atoms with E-state index in [0.29, 0.717) is 18.1 Å². The Bertz CT molecular complexity index is 1040. The molecule has 1 aliphatic carbocycles. The summed E-state index contributed by atoms with van der Waals surface area (Å²) in [4.78, 5) is 37.8. The van der Waals surface area contributed by atoms with Gasteiger partial charge in [-0.05, 0) is 68.9 Å². The van der Waals surface area contributed by atoms with E-state index in [2.05, 4.69) is 15.3 Å². The van der Waals surface area contributed by atoms with Crippen LogP contribution in [0.15, 0.2) is 30.3 Å². The maximum absolute atomic E-state index is 13.9. The highest BCUT2D eigenvalue weighted by Crippen LogP contribution is 2.35. The van der Waals surface area contributed by atoms with Gasteiger partial charge < -0.3 is 16.0 Å². The summed E-state index contributed by atoms with van der Waals surface area (Å²) < 4.78 is 13.4. The van der Waals surface area contributed by atoms with Crippen LogP contribution in [0, 0.1) is 24.6 Å². The van der Waals surface area contributed by atoms with Crippen LogP contribution in [0.4, 0.5) is 4.39 Å². The van der Waals surface area contributed by atoms with E-state index < -0.39 is 6.04 Å². The zero-order chi connectivity index (χ0) is 24.9. The molecule has 3 N–H and O–H groups in total. The summed E-state index contributed by atoms with van der Waals surface area (Å²) in [6.45, 7) is 4.49. The number of carbonyl (C=O) groups excluding carboxylic acids is 2. The number of amides is 2. The molecule has 7 nitrogen and oxygen atoms in total. The number of aromatic nitrogens is 2. The van der Waals surface area contributed by atoms with E-state index in [1.54, 1.807) is 19.1 Å². The smallest absolute Gasteiger partial charge is 0.246 e. The van der Waals surface area contributed by atoms with Gasteiger partial charge in [0.2, 0.25) is 11.8 Å². The summed E-state index contributed by atoms with van der Waals surface area (Å²) in [5, 5.41) is 3.06. The van der Waals surface area contributed by atoms with Gasteiger partial charge in [0.1, 0.15) is 17.7 Å². The number of hydrogen-bond donors (Lipinski definition) is 2. The zero-order valence-corrected chi connectivity index (χ0v) is 20.7. The molecule has 3 atom stereocenters. The van der Waals surface area contributed by atoms with Gasteiger partial charge in [-0.1, -0.05) is 26.2 Å². The molecule has 0 radical (unpaired) electrons. The predicted octanol–water partition coefficient (Wildman–Crippen LogP) is 3.91. The van der Waals surface area contributed by atoms with Crippen LogP contribution >= 0.6 is 0 Å². The number of nitrogens with one attached hydrogen (secondary N) is 1. The summed E-state index contributed by atoms with van der Waals surface area (Å²) in [5.41, 5.74) is 8.01. The van der Waals surface area contributed by atoms with Gasteiger partial charge in [0.15, 0.2) is 0 Å². The normalized spacial score (nSPS) is 20.5. The van der Waals surface area contributed by atoms with E-state index in [1.165, 1.54) is 18.6 Å². The Labute approximate surface area is 206 Å². The lowest BCUT2D eigenvalue weighted by atomic mass is 9.83. The van der Waals surface area contributed by atoms with Gasteiger partial charge in [-0.2, -0.15) is 0 Å². The van der Waals surface area contributed by atoms with Crippen molar-refractivity contribution in [2.45, 2.75) is 70.9 Å². The number of rotatable bonds is 7. The van der Waals surface area contributed by atoms with Crippen molar-refractivity contribution in [2.24, 2.45) is 17.6 Å². The number of likely N-dealkylation sites (tertiary alicyclic amines) is 1. The molecule has 2 amide bonds. The van der Waals surface area contributed by atoms with Crippen LogP contribution in [0.2, 0.25) is 0 Å². The highest BCUT2D eigenvalue weighted by molar-refractivity contribution is 5.89. The third-order valence-corrected chi connectivity index (χ3v) is 7.36. The fourth-order valence-electron chi connectivity index (χ4n) is 5.30. The van der Waals surface area contributed by atoms with Crippen molar-refractivity contribution < 1.29 is 14.0 Å². The lowest BCUT2D eigenvalue weighted by Crippen LogP contribution is -2.54. The first-order chi connectivity index (χ1) is 16.9. The van der Waals surface area contributed by atoms with Crippen LogP contribution in [-0.2, 0) is 9.59 Å². The molecule has 188 valence electrons. The van der Waals surface area contributed by atoms with Gasteiger partial charge in [0, 0.05) is 24.6 Å². The van der Waals surface area contributed by atoms with E-state index in [4.69, 9.17) is 5.73 Å². The third-order valence-electron chi connectivity index (χ3n) is 7.36. The average Bonchev–Trinajstić information content (AvgIpc) is 3.37. The predicted molar refractivity (Wildman–Crippen MR) is 133 cm³/mol. The second-order valence-electron chi connectivity index (χ2n) is 9.94. The minimum absolute atomic E-state index is 0.0310. The molecule has 2 fully saturated rings. The summed E-state index contributed by atoms with van der Waals surface area (Å²) in [7, 11) is 0. The minimum atomic E-state index is -0.545. The topological polar surface area (TPSA) is 101 Å². The van der Waals surface area contributed by atoms with E-state index in [1.807, 2.05) is 17.9 Å². The van der Waals surface area contributed by atoms with E-state index in [0.717, 1.165) is 49.8 Å². The van der Waals surface area contributed by atoms with Gasteiger partial charge >= 0.3 is 0 Å². The van der Waals surface area contributed by atoms with Gasteiger partial charge in [-0.25, -0.2) is 14.4 Å². The molecule has 4 rings (SSSR count). The van der Waals surface area contributed by atoms with Gasteiger partial charge in [0.25, 0.3) is 0 Å². The number of hydrogen-bond acceptors (Lipinski definition) is 5. The summed E-state index contributed by atoms with van der Waals surface area (Å²) in [6, 6.07) is 7.41. The minimum Gasteiger partial charge on any atom is -0.344 e. The standard InChI is InChI=1S/C27H36FN5O2/c1-17(16-29)26(34)32-25(20-7-4-3-5-8-20)27(35)33-14-6-9-24(33)23-15-22(30-18(2)31-23)19-10-12-21(28)13-11-19/h10-13,15,17,20,24-25H,3-9,14,16,29H2,1-2H3,(H,32,34). The van der Waals surface area contributed by atoms with Crippen LogP contribution in [0.3, 0.4) is 0 Å². The Balaban J connectivity index is 1.61. The molecule has 8 heteroatoms. The van der Waals surface area contributed by atoms with Crippen LogP contribution in [0.1, 0.15) is 69.4 Å². The number of carbonyl (C=O) groups is 2. The summed E-state index contributed by atoms with van der Waals surface area (Å²) in [5.74, 6) is -0.0956. The molecule has 2 heterocycles. The first-order valence-corrected chi connectivity index (χ1v) is 12.8. The maximum Gasteiger partial charge on any atom is 0.246 e. The summed E-state index contributed by atoms with van der Waals surface area (Å²) >= 11 is 0. The molecule has 1 saturated heterocycles. The van der Waals surface area contributed by atoms with Crippen LogP contribution in [0.5, 0.6) is 0 Å². The number of nitrogens with two attached hydrogens (primary N) is 1. The van der Waals surface area contributed by atoms with Gasteiger partial charge in [-0.15, -0.1) is 0 Å². The number of halogens is 1. The van der Waals surface area contributed by atoms with Crippen molar-refractivity contribution >= 4 is 11.8 Å². The SMILES string of the molecule is Cc1nc(-c2ccc(F)cc2)cc(C2CCCN2C(=O)C(NC(=O)C(C)CN)C2CCCCC2)n1. The molecule has 1 aromatic carbocycles. The Morgan fingerprint density at radius 1 is 1.11 bits per heavy atom. The monoisotopic (exact) mass is 481 g/mol. The van der Waals surface area contributed by atoms with Gasteiger partial charge in [0.05, 0.1) is 17.4 Å². The first kappa shape index (κ1) is 25.2. The Kier molecular flexibility index (Phi) is 8.11. The molecule has 0 bridgehead atoms. The number of aryl methyl sites for hydroxylation is 1. The maximum atomic E-state index is 13.9. The third kappa shape index (κ3) is 5.86. The molecule has 35 heavy (non-hydrogen) atoms. The van der Waals surface area contributed by atoms with E-state index in [-0.39, 0.29) is 42.1 Å². The molecule has 1 aliphatic heterocycles. The molecule has 1 saturated carbocycles. The highest BCUT2D eigenvalue weighted by atomic mass is 19.1. The van der Waals surface area contributed by atoms with E-state index in [9.17, 15) is 14.0 Å². The molecule has 3 unspecified atom stereocenters. The van der Waals surface area contributed by atoms with Crippen LogP contribution in [-0.4, -0.2) is 45.8 Å². The lowest BCUT2D eigenvalue weighted by molar-refractivity contribution is -0.140. The lowest BCUT2D eigenvalue weighted by Gasteiger charge is -2.35. The van der Waals surface area contributed by atoms with Crippen molar-refractivity contribution in [3.05, 3.63) is 47.7 Å². The van der Waals surface area contributed by atoms with Gasteiger partial charge in [-0.3, -0.25) is 9.59 Å². The van der Waals surface area contributed by atoms with E-state index >= 15 is 0 Å².